The van der Waals surface area contributed by atoms with Crippen molar-refractivity contribution in [1.29, 1.82) is 0 Å². The number of carbonyl (C=O) groups is 2. The Kier molecular flexibility index (Phi) is 7.68. The van der Waals surface area contributed by atoms with E-state index in [0.29, 0.717) is 32.8 Å². The van der Waals surface area contributed by atoms with Crippen molar-refractivity contribution < 1.29 is 23.8 Å². The highest BCUT2D eigenvalue weighted by molar-refractivity contribution is 5.96. The maximum absolute atomic E-state index is 12.5. The number of amides is 3. The molecule has 1 aromatic rings. The van der Waals surface area contributed by atoms with Gasteiger partial charge in [-0.2, -0.15) is 0 Å². The average molecular weight is 365 g/mol. The van der Waals surface area contributed by atoms with Crippen LogP contribution in [0.3, 0.4) is 0 Å². The summed E-state index contributed by atoms with van der Waals surface area (Å²) in [5.74, 6) is 0.720. The van der Waals surface area contributed by atoms with Gasteiger partial charge in [-0.1, -0.05) is 0 Å². The fourth-order valence-electron chi connectivity index (χ4n) is 2.80. The van der Waals surface area contributed by atoms with Crippen LogP contribution in [0.4, 0.5) is 10.5 Å². The molecule has 1 saturated heterocycles. The van der Waals surface area contributed by atoms with Crippen molar-refractivity contribution in [3.8, 4) is 5.75 Å². The summed E-state index contributed by atoms with van der Waals surface area (Å²) in [6.07, 6.45) is 0.278. The van der Waals surface area contributed by atoms with E-state index in [-0.39, 0.29) is 24.4 Å². The summed E-state index contributed by atoms with van der Waals surface area (Å²) in [6.45, 7) is 2.26. The molecule has 0 saturated carbocycles. The minimum Gasteiger partial charge on any atom is -0.497 e. The van der Waals surface area contributed by atoms with Gasteiger partial charge < -0.3 is 29.3 Å². The van der Waals surface area contributed by atoms with E-state index in [1.807, 2.05) is 24.3 Å². The molecule has 1 aromatic carbocycles. The molecule has 0 aromatic heterocycles. The predicted molar refractivity (Wildman–Crippen MR) is 97.6 cm³/mol. The van der Waals surface area contributed by atoms with Gasteiger partial charge in [0, 0.05) is 46.0 Å². The van der Waals surface area contributed by atoms with Crippen LogP contribution < -0.4 is 15.0 Å². The van der Waals surface area contributed by atoms with E-state index in [2.05, 4.69) is 5.32 Å². The summed E-state index contributed by atoms with van der Waals surface area (Å²) < 4.78 is 15.2. The zero-order chi connectivity index (χ0) is 18.9. The summed E-state index contributed by atoms with van der Waals surface area (Å²) in [5, 5.41) is 2.94. The van der Waals surface area contributed by atoms with Crippen LogP contribution in [0.5, 0.6) is 5.75 Å². The second-order valence-electron chi connectivity index (χ2n) is 6.03. The van der Waals surface area contributed by atoms with Crippen LogP contribution >= 0.6 is 0 Å². The summed E-state index contributed by atoms with van der Waals surface area (Å²) in [6, 6.07) is 6.85. The van der Waals surface area contributed by atoms with Crippen LogP contribution in [0.25, 0.3) is 0 Å². The minimum atomic E-state index is -0.232. The Bertz CT molecular complexity index is 585. The number of urea groups is 1. The van der Waals surface area contributed by atoms with Crippen LogP contribution in [0.2, 0.25) is 0 Å². The Balaban J connectivity index is 1.94. The molecule has 144 valence electrons. The van der Waals surface area contributed by atoms with Crippen molar-refractivity contribution >= 4 is 17.6 Å². The highest BCUT2D eigenvalue weighted by Crippen LogP contribution is 2.24. The van der Waals surface area contributed by atoms with Crippen molar-refractivity contribution in [2.24, 2.45) is 0 Å². The molecular weight excluding hydrogens is 338 g/mol. The predicted octanol–water partition coefficient (Wildman–Crippen LogP) is 1.10. The van der Waals surface area contributed by atoms with Gasteiger partial charge in [-0.15, -0.1) is 0 Å². The molecule has 0 aliphatic carbocycles. The number of nitrogens with zero attached hydrogens (tertiary/aromatic N) is 2. The summed E-state index contributed by atoms with van der Waals surface area (Å²) in [5.41, 5.74) is 0.795. The highest BCUT2D eigenvalue weighted by Gasteiger charge is 2.32. The molecule has 8 heteroatoms. The summed E-state index contributed by atoms with van der Waals surface area (Å²) in [7, 11) is 4.78. The molecule has 8 nitrogen and oxygen atoms in total. The van der Waals surface area contributed by atoms with Gasteiger partial charge in [0.25, 0.3) is 0 Å². The van der Waals surface area contributed by atoms with Gasteiger partial charge >= 0.3 is 6.03 Å². The number of hydrogen-bond acceptors (Lipinski definition) is 5. The number of nitrogens with one attached hydrogen (secondary N) is 1. The number of methoxy groups -OCH3 is 3. The fraction of sp³-hybridized carbons (Fsp3) is 0.556. The summed E-state index contributed by atoms with van der Waals surface area (Å²) in [4.78, 5) is 28.1. The molecule has 1 N–H and O–H groups in total. The first-order valence-electron chi connectivity index (χ1n) is 8.56. The molecule has 1 unspecified atom stereocenters. The Morgan fingerprint density at radius 1 is 1.15 bits per heavy atom. The van der Waals surface area contributed by atoms with Gasteiger partial charge in [0.15, 0.2) is 0 Å². The van der Waals surface area contributed by atoms with Gasteiger partial charge in [0.05, 0.1) is 26.4 Å². The number of ether oxygens (including phenoxy) is 3. The van der Waals surface area contributed by atoms with E-state index < -0.39 is 0 Å². The molecular formula is C18H27N3O5. The average Bonchev–Trinajstić information content (AvgIpc) is 3.02. The van der Waals surface area contributed by atoms with Gasteiger partial charge in [-0.05, 0) is 24.3 Å². The number of anilines is 1. The second-order valence-corrected chi connectivity index (χ2v) is 6.03. The smallest absolute Gasteiger partial charge is 0.317 e. The lowest BCUT2D eigenvalue weighted by Crippen LogP contribution is -2.47. The number of benzene rings is 1. The molecule has 1 aliphatic rings. The molecule has 1 heterocycles. The third kappa shape index (κ3) is 5.34. The molecule has 3 amide bonds. The van der Waals surface area contributed by atoms with E-state index in [1.54, 1.807) is 31.1 Å². The molecule has 1 atom stereocenters. The monoisotopic (exact) mass is 365 g/mol. The van der Waals surface area contributed by atoms with Crippen molar-refractivity contribution in [3.05, 3.63) is 24.3 Å². The molecule has 0 bridgehead atoms. The van der Waals surface area contributed by atoms with Crippen LogP contribution in [-0.4, -0.2) is 77.1 Å². The Hall–Kier alpha value is -2.32. The maximum Gasteiger partial charge on any atom is 0.317 e. The van der Waals surface area contributed by atoms with Gasteiger partial charge in [0.2, 0.25) is 5.91 Å². The highest BCUT2D eigenvalue weighted by atomic mass is 16.5. The van der Waals surface area contributed by atoms with Crippen molar-refractivity contribution in [2.75, 3.05) is 59.1 Å². The second kappa shape index (κ2) is 9.98. The van der Waals surface area contributed by atoms with Gasteiger partial charge in [-0.3, -0.25) is 4.79 Å². The van der Waals surface area contributed by atoms with Crippen molar-refractivity contribution in [2.45, 2.75) is 12.5 Å². The molecule has 0 radical (unpaired) electrons. The lowest BCUT2D eigenvalue weighted by molar-refractivity contribution is -0.117. The van der Waals surface area contributed by atoms with Crippen LogP contribution in [-0.2, 0) is 14.3 Å². The first-order chi connectivity index (χ1) is 12.6. The normalized spacial score (nSPS) is 16.7. The van der Waals surface area contributed by atoms with Crippen molar-refractivity contribution in [3.63, 3.8) is 0 Å². The zero-order valence-electron chi connectivity index (χ0n) is 15.6. The van der Waals surface area contributed by atoms with E-state index in [9.17, 15) is 9.59 Å². The van der Waals surface area contributed by atoms with E-state index in [0.717, 1.165) is 11.4 Å². The van der Waals surface area contributed by atoms with Crippen LogP contribution in [0, 0.1) is 0 Å². The van der Waals surface area contributed by atoms with Crippen molar-refractivity contribution in [1.82, 2.24) is 10.2 Å². The molecule has 1 aliphatic heterocycles. The largest absolute Gasteiger partial charge is 0.497 e. The fourth-order valence-corrected chi connectivity index (χ4v) is 2.80. The van der Waals surface area contributed by atoms with Crippen LogP contribution in [0.15, 0.2) is 24.3 Å². The number of carbonyl (C=O) groups excluding carboxylic acids is 2. The Morgan fingerprint density at radius 2 is 1.77 bits per heavy atom. The molecule has 1 fully saturated rings. The number of rotatable bonds is 9. The SMILES string of the molecule is COCCN(CCOC)C(=O)NC1CC(=O)N(c2ccc(OC)cc2)C1. The third-order valence-corrected chi connectivity index (χ3v) is 4.25. The quantitative estimate of drug-likeness (QED) is 0.709. The van der Waals surface area contributed by atoms with E-state index in [4.69, 9.17) is 14.2 Å². The molecule has 26 heavy (non-hydrogen) atoms. The van der Waals surface area contributed by atoms with Gasteiger partial charge in [-0.25, -0.2) is 4.79 Å². The maximum atomic E-state index is 12.5. The topological polar surface area (TPSA) is 80.3 Å². The molecule has 0 spiro atoms. The summed E-state index contributed by atoms with van der Waals surface area (Å²) >= 11 is 0. The number of hydrogen-bond donors (Lipinski definition) is 1. The van der Waals surface area contributed by atoms with E-state index in [1.165, 1.54) is 0 Å². The lowest BCUT2D eigenvalue weighted by Gasteiger charge is -2.24. The Labute approximate surface area is 154 Å². The van der Waals surface area contributed by atoms with Crippen LogP contribution in [0.1, 0.15) is 6.42 Å². The first kappa shape index (κ1) is 20.0. The van der Waals surface area contributed by atoms with E-state index >= 15 is 0 Å². The Morgan fingerprint density at radius 3 is 2.31 bits per heavy atom. The zero-order valence-corrected chi connectivity index (χ0v) is 15.6. The lowest BCUT2D eigenvalue weighted by atomic mass is 10.2. The molecule has 2 rings (SSSR count). The standard InChI is InChI=1S/C18H27N3O5/c1-24-10-8-20(9-11-25-2)18(23)19-14-12-17(22)21(13-14)15-4-6-16(26-3)7-5-15/h4-7,14H,8-13H2,1-3H3,(H,19,23). The minimum absolute atomic E-state index is 0.0131. The third-order valence-electron chi connectivity index (χ3n) is 4.25. The van der Waals surface area contributed by atoms with Gasteiger partial charge in [0.1, 0.15) is 5.75 Å². The first-order valence-corrected chi connectivity index (χ1v) is 8.56.